The van der Waals surface area contributed by atoms with Gasteiger partial charge in [-0.15, -0.1) is 11.3 Å². The highest BCUT2D eigenvalue weighted by atomic mass is 35.5. The number of carbonyl (C=O) groups is 3. The number of fused-ring (bicyclic) bond motifs is 1. The fraction of sp³-hybridized carbons (Fsp3) is 0.125. The maximum absolute atomic E-state index is 13.4. The highest BCUT2D eigenvalue weighted by Crippen LogP contribution is 2.36. The highest BCUT2D eigenvalue weighted by molar-refractivity contribution is 7.15. The third-order valence-electron chi connectivity index (χ3n) is 6.32. The Morgan fingerprint density at radius 1 is 0.927 bits per heavy atom. The smallest absolute Gasteiger partial charge is 0.341 e. The van der Waals surface area contributed by atoms with Gasteiger partial charge in [-0.1, -0.05) is 72.3 Å². The molecule has 0 saturated carbocycles. The SMILES string of the molecule is CCOC(=O)c1c(-c2ccccc2)csc1NC(=O)[C@@H](C)OC(=O)c1cc(-c2ccc(Cl)cc2)nc2ccccc12. The maximum atomic E-state index is 13.4. The molecule has 5 rings (SSSR count). The second-order valence-electron chi connectivity index (χ2n) is 9.06. The largest absolute Gasteiger partial charge is 0.462 e. The molecule has 1 N–H and O–H groups in total. The molecule has 0 bridgehead atoms. The van der Waals surface area contributed by atoms with E-state index >= 15 is 0 Å². The van der Waals surface area contributed by atoms with Crippen molar-refractivity contribution >= 4 is 56.7 Å². The number of para-hydroxylation sites is 1. The van der Waals surface area contributed by atoms with Gasteiger partial charge in [-0.05, 0) is 43.7 Å². The van der Waals surface area contributed by atoms with E-state index in [1.807, 2.05) is 48.5 Å². The van der Waals surface area contributed by atoms with Gasteiger partial charge in [0.05, 0.1) is 23.4 Å². The van der Waals surface area contributed by atoms with Gasteiger partial charge >= 0.3 is 11.9 Å². The number of carbonyl (C=O) groups excluding carboxylic acids is 3. The molecule has 0 aliphatic heterocycles. The molecule has 5 aromatic rings. The van der Waals surface area contributed by atoms with Crippen LogP contribution in [-0.2, 0) is 14.3 Å². The Labute approximate surface area is 245 Å². The number of hydrogen-bond donors (Lipinski definition) is 1. The Kier molecular flexibility index (Phi) is 8.42. The predicted molar refractivity (Wildman–Crippen MR) is 161 cm³/mol. The standard InChI is InChI=1S/C32H25ClN2O5S/c1-3-39-32(38)28-25(20-9-5-4-6-10-20)18-41-30(28)35-29(36)19(2)40-31(37)24-17-27(21-13-15-22(33)16-14-21)34-26-12-8-7-11-23(24)26/h4-19H,3H2,1-2H3,(H,35,36)/t19-/m1/s1. The Morgan fingerprint density at radius 3 is 2.37 bits per heavy atom. The quantitative estimate of drug-likeness (QED) is 0.188. The van der Waals surface area contributed by atoms with E-state index in [1.54, 1.807) is 48.7 Å². The van der Waals surface area contributed by atoms with Gasteiger partial charge in [-0.3, -0.25) is 4.79 Å². The molecular formula is C32H25ClN2O5S. The first-order valence-corrected chi connectivity index (χ1v) is 14.1. The van der Waals surface area contributed by atoms with Crippen molar-refractivity contribution in [1.29, 1.82) is 0 Å². The third kappa shape index (κ3) is 6.14. The summed E-state index contributed by atoms with van der Waals surface area (Å²) in [4.78, 5) is 44.1. The molecule has 41 heavy (non-hydrogen) atoms. The Bertz CT molecular complexity index is 1730. The number of nitrogens with zero attached hydrogens (tertiary/aromatic N) is 1. The summed E-state index contributed by atoms with van der Waals surface area (Å²) in [7, 11) is 0. The minimum Gasteiger partial charge on any atom is -0.462 e. The molecule has 2 aromatic heterocycles. The first-order chi connectivity index (χ1) is 19.9. The van der Waals surface area contributed by atoms with Crippen molar-refractivity contribution < 1.29 is 23.9 Å². The van der Waals surface area contributed by atoms with E-state index in [4.69, 9.17) is 21.1 Å². The number of hydrogen-bond acceptors (Lipinski definition) is 7. The fourth-order valence-corrected chi connectivity index (χ4v) is 5.38. The van der Waals surface area contributed by atoms with Crippen LogP contribution in [0.2, 0.25) is 5.02 Å². The van der Waals surface area contributed by atoms with Gasteiger partial charge in [0.1, 0.15) is 10.6 Å². The van der Waals surface area contributed by atoms with Crippen molar-refractivity contribution in [3.63, 3.8) is 0 Å². The lowest BCUT2D eigenvalue weighted by molar-refractivity contribution is -0.123. The van der Waals surface area contributed by atoms with Crippen LogP contribution in [0.4, 0.5) is 5.00 Å². The first kappa shape index (κ1) is 28.0. The van der Waals surface area contributed by atoms with Gasteiger partial charge in [-0.2, -0.15) is 0 Å². The monoisotopic (exact) mass is 584 g/mol. The third-order valence-corrected chi connectivity index (χ3v) is 7.47. The van der Waals surface area contributed by atoms with Gasteiger partial charge < -0.3 is 14.8 Å². The maximum Gasteiger partial charge on any atom is 0.341 e. The average Bonchev–Trinajstić information content (AvgIpc) is 3.41. The van der Waals surface area contributed by atoms with Crippen LogP contribution in [0.5, 0.6) is 0 Å². The number of aromatic nitrogens is 1. The molecule has 0 radical (unpaired) electrons. The zero-order valence-corrected chi connectivity index (χ0v) is 23.8. The van der Waals surface area contributed by atoms with Crippen LogP contribution in [0.15, 0.2) is 90.3 Å². The van der Waals surface area contributed by atoms with Crippen molar-refractivity contribution in [3.05, 3.63) is 106 Å². The lowest BCUT2D eigenvalue weighted by atomic mass is 10.0. The van der Waals surface area contributed by atoms with Crippen LogP contribution in [0, 0.1) is 0 Å². The van der Waals surface area contributed by atoms with Crippen molar-refractivity contribution in [2.24, 2.45) is 0 Å². The molecule has 9 heteroatoms. The summed E-state index contributed by atoms with van der Waals surface area (Å²) in [6.45, 7) is 3.38. The number of esters is 2. The lowest BCUT2D eigenvalue weighted by Crippen LogP contribution is -2.30. The molecule has 2 heterocycles. The van der Waals surface area contributed by atoms with Crippen LogP contribution < -0.4 is 5.32 Å². The average molecular weight is 585 g/mol. The van der Waals surface area contributed by atoms with Crippen LogP contribution in [0.25, 0.3) is 33.3 Å². The second-order valence-corrected chi connectivity index (χ2v) is 10.4. The summed E-state index contributed by atoms with van der Waals surface area (Å²) in [5, 5.41) is 6.03. The van der Waals surface area contributed by atoms with Crippen LogP contribution in [0.3, 0.4) is 0 Å². The number of pyridine rings is 1. The number of benzene rings is 3. The van der Waals surface area contributed by atoms with E-state index in [0.717, 1.165) is 11.1 Å². The van der Waals surface area contributed by atoms with E-state index in [9.17, 15) is 14.4 Å². The van der Waals surface area contributed by atoms with E-state index in [2.05, 4.69) is 10.3 Å². The predicted octanol–water partition coefficient (Wildman–Crippen LogP) is 7.64. The number of anilines is 1. The molecular weight excluding hydrogens is 560 g/mol. The molecule has 0 spiro atoms. The molecule has 0 unspecified atom stereocenters. The Hall–Kier alpha value is -4.53. The van der Waals surface area contributed by atoms with E-state index in [-0.39, 0.29) is 17.7 Å². The zero-order chi connectivity index (χ0) is 28.9. The Balaban J connectivity index is 1.40. The van der Waals surface area contributed by atoms with Crippen LogP contribution >= 0.6 is 22.9 Å². The van der Waals surface area contributed by atoms with E-state index in [1.165, 1.54) is 18.3 Å². The summed E-state index contributed by atoms with van der Waals surface area (Å²) in [6, 6.07) is 25.3. The van der Waals surface area contributed by atoms with E-state index in [0.29, 0.717) is 32.2 Å². The van der Waals surface area contributed by atoms with Gasteiger partial charge in [0.2, 0.25) is 0 Å². The van der Waals surface area contributed by atoms with Crippen LogP contribution in [0.1, 0.15) is 34.6 Å². The fourth-order valence-electron chi connectivity index (χ4n) is 4.29. The Morgan fingerprint density at radius 2 is 1.63 bits per heavy atom. The number of rotatable bonds is 8. The number of amides is 1. The minimum absolute atomic E-state index is 0.183. The molecule has 0 aliphatic carbocycles. The van der Waals surface area contributed by atoms with Crippen molar-refractivity contribution in [1.82, 2.24) is 4.98 Å². The van der Waals surface area contributed by atoms with Gasteiger partial charge in [0.15, 0.2) is 6.10 Å². The minimum atomic E-state index is -1.16. The topological polar surface area (TPSA) is 94.6 Å². The summed E-state index contributed by atoms with van der Waals surface area (Å²) in [6.07, 6.45) is -1.16. The number of thiophene rings is 1. The zero-order valence-electron chi connectivity index (χ0n) is 22.2. The summed E-state index contributed by atoms with van der Waals surface area (Å²) >= 11 is 7.24. The number of nitrogens with one attached hydrogen (secondary N) is 1. The molecule has 206 valence electrons. The summed E-state index contributed by atoms with van der Waals surface area (Å²) in [5.41, 5.74) is 3.93. The van der Waals surface area contributed by atoms with E-state index < -0.39 is 23.9 Å². The molecule has 0 saturated heterocycles. The number of ether oxygens (including phenoxy) is 2. The van der Waals surface area contributed by atoms with Crippen molar-refractivity contribution in [3.8, 4) is 22.4 Å². The summed E-state index contributed by atoms with van der Waals surface area (Å²) < 4.78 is 10.9. The molecule has 7 nitrogen and oxygen atoms in total. The molecule has 3 aromatic carbocycles. The van der Waals surface area contributed by atoms with Crippen molar-refractivity contribution in [2.45, 2.75) is 20.0 Å². The molecule has 0 fully saturated rings. The molecule has 1 amide bonds. The van der Waals surface area contributed by atoms with Gasteiger partial charge in [-0.25, -0.2) is 14.6 Å². The van der Waals surface area contributed by atoms with Crippen LogP contribution in [-0.4, -0.2) is 35.5 Å². The summed E-state index contributed by atoms with van der Waals surface area (Å²) in [5.74, 6) is -1.81. The lowest BCUT2D eigenvalue weighted by Gasteiger charge is -2.15. The second kappa shape index (κ2) is 12.3. The van der Waals surface area contributed by atoms with Crippen molar-refractivity contribution in [2.75, 3.05) is 11.9 Å². The highest BCUT2D eigenvalue weighted by Gasteiger charge is 2.26. The number of halogens is 1. The van der Waals surface area contributed by atoms with Gasteiger partial charge in [0, 0.05) is 26.9 Å². The molecule has 1 atom stereocenters. The first-order valence-electron chi connectivity index (χ1n) is 12.9. The molecule has 0 aliphatic rings. The van der Waals surface area contributed by atoms with Gasteiger partial charge in [0.25, 0.3) is 5.91 Å². The normalized spacial score (nSPS) is 11.6.